The number of rotatable bonds is 7. The SMILES string of the molecule is N#Cc1c(F)cccc1NCCNC(=O)Nc1cccc(Cn2cccnc2=O)c1. The first-order valence-corrected chi connectivity index (χ1v) is 9.14. The Balaban J connectivity index is 1.50. The zero-order chi connectivity index (χ0) is 21.3. The van der Waals surface area contributed by atoms with Crippen LogP contribution in [0.1, 0.15) is 11.1 Å². The summed E-state index contributed by atoms with van der Waals surface area (Å²) in [7, 11) is 0. The molecule has 2 aromatic carbocycles. The normalized spacial score (nSPS) is 10.1. The lowest BCUT2D eigenvalue weighted by atomic mass is 10.2. The smallest absolute Gasteiger partial charge is 0.347 e. The van der Waals surface area contributed by atoms with Gasteiger partial charge in [-0.05, 0) is 35.9 Å². The van der Waals surface area contributed by atoms with Crippen LogP contribution >= 0.6 is 0 Å². The van der Waals surface area contributed by atoms with Crippen molar-refractivity contribution in [3.63, 3.8) is 0 Å². The van der Waals surface area contributed by atoms with E-state index in [1.54, 1.807) is 36.5 Å². The molecule has 0 aliphatic heterocycles. The Morgan fingerprint density at radius 3 is 2.80 bits per heavy atom. The first-order chi connectivity index (χ1) is 14.6. The Bertz CT molecular complexity index is 1140. The number of carbonyl (C=O) groups excluding carboxylic acids is 1. The van der Waals surface area contributed by atoms with Gasteiger partial charge in [-0.15, -0.1) is 0 Å². The predicted octanol–water partition coefficient (Wildman–Crippen LogP) is 2.54. The number of hydrogen-bond acceptors (Lipinski definition) is 5. The Labute approximate surface area is 172 Å². The van der Waals surface area contributed by atoms with Gasteiger partial charge in [-0.25, -0.2) is 19.0 Å². The van der Waals surface area contributed by atoms with E-state index in [4.69, 9.17) is 5.26 Å². The summed E-state index contributed by atoms with van der Waals surface area (Å²) in [6, 6.07) is 14.5. The number of nitriles is 1. The average molecular weight is 406 g/mol. The molecule has 30 heavy (non-hydrogen) atoms. The van der Waals surface area contributed by atoms with Crippen LogP contribution in [0.25, 0.3) is 0 Å². The number of nitrogens with zero attached hydrogens (tertiary/aromatic N) is 3. The van der Waals surface area contributed by atoms with E-state index >= 15 is 0 Å². The second-order valence-corrected chi connectivity index (χ2v) is 6.31. The van der Waals surface area contributed by atoms with Crippen LogP contribution in [-0.2, 0) is 6.54 Å². The molecule has 8 nitrogen and oxygen atoms in total. The average Bonchev–Trinajstić information content (AvgIpc) is 2.73. The molecule has 3 aromatic rings. The summed E-state index contributed by atoms with van der Waals surface area (Å²) < 4.78 is 15.0. The standard InChI is InChI=1S/C21H19FN6O2/c22-18-6-2-7-19(17(18)13-23)24-9-10-25-20(29)27-16-5-1-4-15(12-16)14-28-11-3-8-26-21(28)30/h1-8,11-12,24H,9-10,14H2,(H2,25,27,29). The lowest BCUT2D eigenvalue weighted by Crippen LogP contribution is -2.32. The highest BCUT2D eigenvalue weighted by Crippen LogP contribution is 2.17. The van der Waals surface area contributed by atoms with Gasteiger partial charge in [0.05, 0.1) is 12.2 Å². The van der Waals surface area contributed by atoms with Crippen molar-refractivity contribution in [1.82, 2.24) is 14.9 Å². The third-order valence-electron chi connectivity index (χ3n) is 4.17. The van der Waals surface area contributed by atoms with Gasteiger partial charge in [-0.1, -0.05) is 18.2 Å². The highest BCUT2D eigenvalue weighted by atomic mass is 19.1. The number of urea groups is 1. The highest BCUT2D eigenvalue weighted by Gasteiger charge is 2.07. The third kappa shape index (κ3) is 5.42. The Kier molecular flexibility index (Phi) is 6.74. The van der Waals surface area contributed by atoms with Crippen molar-refractivity contribution >= 4 is 17.4 Å². The topological polar surface area (TPSA) is 112 Å². The molecule has 0 saturated carbocycles. The van der Waals surface area contributed by atoms with Crippen LogP contribution < -0.4 is 21.6 Å². The maximum absolute atomic E-state index is 13.6. The first kappa shape index (κ1) is 20.5. The van der Waals surface area contributed by atoms with Crippen molar-refractivity contribution in [3.8, 4) is 6.07 Å². The molecule has 2 amide bonds. The number of carbonyl (C=O) groups is 1. The van der Waals surface area contributed by atoms with E-state index in [1.807, 2.05) is 12.1 Å². The fraction of sp³-hybridized carbons (Fsp3) is 0.143. The van der Waals surface area contributed by atoms with E-state index in [0.29, 0.717) is 24.5 Å². The number of aromatic nitrogens is 2. The van der Waals surface area contributed by atoms with E-state index in [0.717, 1.165) is 5.56 Å². The minimum absolute atomic E-state index is 0.0634. The second-order valence-electron chi connectivity index (χ2n) is 6.31. The van der Waals surface area contributed by atoms with Crippen LogP contribution in [-0.4, -0.2) is 28.7 Å². The minimum atomic E-state index is -0.596. The van der Waals surface area contributed by atoms with Gasteiger partial charge in [0.2, 0.25) is 0 Å². The molecular weight excluding hydrogens is 387 g/mol. The summed E-state index contributed by atoms with van der Waals surface area (Å²) in [5, 5.41) is 17.3. The van der Waals surface area contributed by atoms with Gasteiger partial charge < -0.3 is 16.0 Å². The van der Waals surface area contributed by atoms with Crippen LogP contribution in [0.15, 0.2) is 65.7 Å². The summed E-state index contributed by atoms with van der Waals surface area (Å²) in [4.78, 5) is 27.5. The van der Waals surface area contributed by atoms with E-state index in [1.165, 1.54) is 22.9 Å². The Morgan fingerprint density at radius 1 is 1.17 bits per heavy atom. The van der Waals surface area contributed by atoms with Gasteiger partial charge in [0.1, 0.15) is 17.4 Å². The number of benzene rings is 2. The number of hydrogen-bond donors (Lipinski definition) is 3. The molecule has 9 heteroatoms. The molecule has 3 rings (SSSR count). The highest BCUT2D eigenvalue weighted by molar-refractivity contribution is 5.89. The number of anilines is 2. The van der Waals surface area contributed by atoms with Gasteiger partial charge in [0.15, 0.2) is 0 Å². The number of amides is 2. The van der Waals surface area contributed by atoms with E-state index < -0.39 is 11.8 Å². The van der Waals surface area contributed by atoms with Crippen LogP contribution in [0.4, 0.5) is 20.6 Å². The maximum Gasteiger partial charge on any atom is 0.347 e. The van der Waals surface area contributed by atoms with Crippen molar-refractivity contribution in [2.24, 2.45) is 0 Å². The van der Waals surface area contributed by atoms with Crippen LogP contribution in [0.2, 0.25) is 0 Å². The Morgan fingerprint density at radius 2 is 2.00 bits per heavy atom. The maximum atomic E-state index is 13.6. The zero-order valence-corrected chi connectivity index (χ0v) is 15.9. The largest absolute Gasteiger partial charge is 0.382 e. The first-order valence-electron chi connectivity index (χ1n) is 9.14. The predicted molar refractivity (Wildman–Crippen MR) is 111 cm³/mol. The second kappa shape index (κ2) is 9.84. The molecule has 0 fully saturated rings. The molecule has 0 aliphatic rings. The molecule has 0 spiro atoms. The molecule has 0 unspecified atom stereocenters. The number of halogens is 1. The van der Waals surface area contributed by atoms with Gasteiger partial charge >= 0.3 is 11.7 Å². The molecule has 152 valence electrons. The van der Waals surface area contributed by atoms with Crippen molar-refractivity contribution in [1.29, 1.82) is 5.26 Å². The van der Waals surface area contributed by atoms with Crippen LogP contribution in [0.3, 0.4) is 0 Å². The van der Waals surface area contributed by atoms with Gasteiger partial charge in [-0.2, -0.15) is 5.26 Å². The van der Waals surface area contributed by atoms with E-state index in [2.05, 4.69) is 20.9 Å². The van der Waals surface area contributed by atoms with Crippen LogP contribution in [0, 0.1) is 17.1 Å². The molecule has 3 N–H and O–H groups in total. The lowest BCUT2D eigenvalue weighted by Gasteiger charge is -2.11. The molecule has 0 bridgehead atoms. The summed E-state index contributed by atoms with van der Waals surface area (Å²) >= 11 is 0. The van der Waals surface area contributed by atoms with E-state index in [-0.39, 0.29) is 17.8 Å². The molecule has 1 aromatic heterocycles. The number of nitrogens with one attached hydrogen (secondary N) is 3. The molecular formula is C21H19FN6O2. The summed E-state index contributed by atoms with van der Waals surface area (Å²) in [5.41, 5.74) is 1.37. The molecule has 0 atom stereocenters. The van der Waals surface area contributed by atoms with Crippen molar-refractivity contribution < 1.29 is 9.18 Å². The van der Waals surface area contributed by atoms with Gasteiger partial charge in [0, 0.05) is 31.2 Å². The molecule has 0 aliphatic carbocycles. The molecule has 0 radical (unpaired) electrons. The van der Waals surface area contributed by atoms with Gasteiger partial charge in [-0.3, -0.25) is 4.57 Å². The lowest BCUT2D eigenvalue weighted by molar-refractivity contribution is 0.252. The minimum Gasteiger partial charge on any atom is -0.382 e. The Hall–Kier alpha value is -4.19. The molecule has 1 heterocycles. The van der Waals surface area contributed by atoms with Crippen LogP contribution in [0.5, 0.6) is 0 Å². The quantitative estimate of drug-likeness (QED) is 0.522. The summed E-state index contributed by atoms with van der Waals surface area (Å²) in [6.07, 6.45) is 3.08. The monoisotopic (exact) mass is 406 g/mol. The molecule has 0 saturated heterocycles. The zero-order valence-electron chi connectivity index (χ0n) is 15.9. The van der Waals surface area contributed by atoms with E-state index in [9.17, 15) is 14.0 Å². The van der Waals surface area contributed by atoms with Crippen molar-refractivity contribution in [2.75, 3.05) is 23.7 Å². The fourth-order valence-electron chi connectivity index (χ4n) is 2.79. The summed E-state index contributed by atoms with van der Waals surface area (Å²) in [6.45, 7) is 0.913. The fourth-order valence-corrected chi connectivity index (χ4v) is 2.79. The van der Waals surface area contributed by atoms with Gasteiger partial charge in [0.25, 0.3) is 0 Å². The van der Waals surface area contributed by atoms with Crippen molar-refractivity contribution in [3.05, 3.63) is 88.4 Å². The summed E-state index contributed by atoms with van der Waals surface area (Å²) in [5.74, 6) is -0.596. The van der Waals surface area contributed by atoms with Crippen molar-refractivity contribution in [2.45, 2.75) is 6.54 Å². The third-order valence-corrected chi connectivity index (χ3v) is 4.17.